The molecule has 0 bridgehead atoms. The maximum absolute atomic E-state index is 10.8. The third-order valence-electron chi connectivity index (χ3n) is 7.90. The number of pyridine rings is 2. The number of anilines is 1. The zero-order valence-corrected chi connectivity index (χ0v) is 24.9. The highest BCUT2D eigenvalue weighted by molar-refractivity contribution is 5.94. The Kier molecular flexibility index (Phi) is 7.13. The van der Waals surface area contributed by atoms with Crippen LogP contribution < -0.4 is 10.1 Å². The number of phenolic OH excluding ortho intramolecular Hbond substituents is 5. The van der Waals surface area contributed by atoms with E-state index >= 15 is 0 Å². The quantitative estimate of drug-likeness (QED) is 0.110. The lowest BCUT2D eigenvalue weighted by molar-refractivity contribution is -0.614. The molecule has 4 aromatic carbocycles. The molecule has 0 unspecified atom stereocenters. The van der Waals surface area contributed by atoms with Crippen LogP contribution in [-0.2, 0) is 0 Å². The molecule has 44 heavy (non-hydrogen) atoms. The molecule has 2 heterocycles. The Morgan fingerprint density at radius 3 is 1.80 bits per heavy atom. The average Bonchev–Trinajstić information content (AvgIpc) is 2.96. The number of rotatable bonds is 6. The minimum Gasteiger partial charge on any atom is -0.507 e. The average molecular weight is 589 g/mol. The fourth-order valence-electron chi connectivity index (χ4n) is 5.84. The second-order valence-corrected chi connectivity index (χ2v) is 11.7. The van der Waals surface area contributed by atoms with E-state index in [0.717, 1.165) is 5.39 Å². The zero-order chi connectivity index (χ0) is 31.3. The molecule has 6 N–H and O–H groups in total. The molecular formula is C36H34N3O5+. The van der Waals surface area contributed by atoms with E-state index in [2.05, 4.69) is 5.43 Å². The first-order chi connectivity index (χ1) is 21.0. The number of aromatic hydroxyl groups is 5. The highest BCUT2D eigenvalue weighted by Crippen LogP contribution is 2.40. The smallest absolute Gasteiger partial charge is 0.246 e. The first-order valence-electron chi connectivity index (χ1n) is 14.5. The maximum Gasteiger partial charge on any atom is 0.246 e. The van der Waals surface area contributed by atoms with Crippen LogP contribution >= 0.6 is 0 Å². The molecule has 0 aliphatic carbocycles. The number of phenols is 5. The van der Waals surface area contributed by atoms with Crippen molar-refractivity contribution in [2.45, 2.75) is 39.5 Å². The number of para-hydroxylation sites is 1. The van der Waals surface area contributed by atoms with Crippen molar-refractivity contribution in [3.05, 3.63) is 96.2 Å². The molecule has 8 heteroatoms. The zero-order valence-electron chi connectivity index (χ0n) is 24.9. The highest BCUT2D eigenvalue weighted by atomic mass is 16.3. The van der Waals surface area contributed by atoms with Gasteiger partial charge in [0.05, 0.1) is 16.6 Å². The van der Waals surface area contributed by atoms with Crippen molar-refractivity contribution in [2.24, 2.45) is 0 Å². The summed E-state index contributed by atoms with van der Waals surface area (Å²) in [5, 5.41) is 55.2. The Morgan fingerprint density at radius 2 is 1.18 bits per heavy atom. The summed E-state index contributed by atoms with van der Waals surface area (Å²) < 4.78 is 1.77. The number of nitrogens with zero attached hydrogens (tertiary/aromatic N) is 2. The summed E-state index contributed by atoms with van der Waals surface area (Å²) in [6.45, 7) is 7.60. The van der Waals surface area contributed by atoms with E-state index < -0.39 is 0 Å². The van der Waals surface area contributed by atoms with Crippen LogP contribution in [0, 0.1) is 0 Å². The van der Waals surface area contributed by atoms with Gasteiger partial charge in [-0.05, 0) is 65.9 Å². The number of benzene rings is 4. The van der Waals surface area contributed by atoms with Gasteiger partial charge in [-0.25, -0.2) is 4.98 Å². The fourth-order valence-corrected chi connectivity index (χ4v) is 5.84. The van der Waals surface area contributed by atoms with Gasteiger partial charge in [-0.1, -0.05) is 56.6 Å². The summed E-state index contributed by atoms with van der Waals surface area (Å²) in [5.41, 5.74) is 8.78. The molecule has 0 atom stereocenters. The van der Waals surface area contributed by atoms with Gasteiger partial charge in [0, 0.05) is 33.7 Å². The number of hydrogen-bond acceptors (Lipinski definition) is 7. The van der Waals surface area contributed by atoms with Gasteiger partial charge in [-0.2, -0.15) is 5.43 Å². The van der Waals surface area contributed by atoms with Gasteiger partial charge in [0.25, 0.3) is 0 Å². The predicted molar refractivity (Wildman–Crippen MR) is 172 cm³/mol. The molecule has 0 aliphatic rings. The van der Waals surface area contributed by atoms with Crippen molar-refractivity contribution in [3.8, 4) is 51.1 Å². The van der Waals surface area contributed by atoms with Crippen molar-refractivity contribution in [1.29, 1.82) is 0 Å². The third-order valence-corrected chi connectivity index (χ3v) is 7.90. The molecule has 0 radical (unpaired) electrons. The van der Waals surface area contributed by atoms with Gasteiger partial charge in [0.1, 0.15) is 34.4 Å². The van der Waals surface area contributed by atoms with E-state index in [9.17, 15) is 25.5 Å². The van der Waals surface area contributed by atoms with Crippen LogP contribution in [0.4, 0.5) is 5.69 Å². The molecule has 2 aromatic heterocycles. The Hall–Kier alpha value is -5.50. The standard InChI is InChI=1S/C36H33N3O5/c1-19(2)35-31(41)13-21(14-32(35)42)23-12-25-29(10-7-11-30(25)40)39(18-23)38-28-17-27(37-26-9-6-5-8-24(26)28)22-15-33(43)36(20(3)4)34(44)16-22/h5-20H,1-4H3,(H5,37,38,41,42,43,44)/p+1. The molecule has 8 nitrogen and oxygen atoms in total. The molecule has 6 aromatic rings. The van der Waals surface area contributed by atoms with Crippen LogP contribution in [0.1, 0.15) is 50.7 Å². The van der Waals surface area contributed by atoms with E-state index in [1.54, 1.807) is 41.1 Å². The number of aromatic nitrogens is 2. The maximum atomic E-state index is 10.8. The van der Waals surface area contributed by atoms with Gasteiger partial charge in [-0.3, -0.25) is 0 Å². The summed E-state index contributed by atoms with van der Waals surface area (Å²) in [4.78, 5) is 4.82. The normalized spacial score (nSPS) is 11.6. The monoisotopic (exact) mass is 588 g/mol. The van der Waals surface area contributed by atoms with E-state index in [1.807, 2.05) is 76.4 Å². The Bertz CT molecular complexity index is 2020. The first kappa shape index (κ1) is 28.6. The van der Waals surface area contributed by atoms with Crippen LogP contribution in [0.15, 0.2) is 85.1 Å². The van der Waals surface area contributed by atoms with Crippen molar-refractivity contribution in [3.63, 3.8) is 0 Å². The second kappa shape index (κ2) is 11.0. The Balaban J connectivity index is 1.54. The summed E-state index contributed by atoms with van der Waals surface area (Å²) in [7, 11) is 0. The van der Waals surface area contributed by atoms with Crippen molar-refractivity contribution >= 4 is 27.5 Å². The highest BCUT2D eigenvalue weighted by Gasteiger charge is 2.21. The molecule has 0 saturated heterocycles. The van der Waals surface area contributed by atoms with Gasteiger partial charge >= 0.3 is 0 Å². The molecule has 222 valence electrons. The minimum absolute atomic E-state index is 0.00185. The minimum atomic E-state index is -0.0733. The lowest BCUT2D eigenvalue weighted by atomic mass is 9.96. The van der Waals surface area contributed by atoms with Gasteiger partial charge in [0.2, 0.25) is 11.7 Å². The van der Waals surface area contributed by atoms with Gasteiger partial charge < -0.3 is 25.5 Å². The lowest BCUT2D eigenvalue weighted by Crippen LogP contribution is -2.43. The third kappa shape index (κ3) is 5.04. The number of hydrogen-bond donors (Lipinski definition) is 6. The fraction of sp³-hybridized carbons (Fsp3) is 0.167. The van der Waals surface area contributed by atoms with Crippen LogP contribution in [0.3, 0.4) is 0 Å². The van der Waals surface area contributed by atoms with E-state index in [-0.39, 0.29) is 40.6 Å². The van der Waals surface area contributed by atoms with Crippen LogP contribution in [0.25, 0.3) is 44.2 Å². The second-order valence-electron chi connectivity index (χ2n) is 11.7. The summed E-state index contributed by atoms with van der Waals surface area (Å²) in [5.74, 6) is -0.0848. The molecule has 0 amide bonds. The van der Waals surface area contributed by atoms with E-state index in [1.165, 1.54) is 0 Å². The van der Waals surface area contributed by atoms with E-state index in [4.69, 9.17) is 4.98 Å². The summed E-state index contributed by atoms with van der Waals surface area (Å²) in [6, 6.07) is 22.9. The van der Waals surface area contributed by atoms with Crippen LogP contribution in [-0.4, -0.2) is 30.5 Å². The predicted octanol–water partition coefficient (Wildman–Crippen LogP) is 7.66. The largest absolute Gasteiger partial charge is 0.507 e. The SMILES string of the molecule is CC(C)c1c(O)cc(-c2cc3c(O)cccc3[n+](Nc3cc(-c4cc(O)c(C(C)C)c(O)c4)nc4ccccc34)c2)cc1O. The number of fused-ring (bicyclic) bond motifs is 2. The van der Waals surface area contributed by atoms with Crippen molar-refractivity contribution in [2.75, 3.05) is 5.43 Å². The molecule has 0 spiro atoms. The summed E-state index contributed by atoms with van der Waals surface area (Å²) >= 11 is 0. The van der Waals surface area contributed by atoms with Crippen molar-refractivity contribution < 1.29 is 30.2 Å². The van der Waals surface area contributed by atoms with Crippen molar-refractivity contribution in [1.82, 2.24) is 4.98 Å². The summed E-state index contributed by atoms with van der Waals surface area (Å²) in [6.07, 6.45) is 1.83. The topological polar surface area (TPSA) is 130 Å². The first-order valence-corrected chi connectivity index (χ1v) is 14.5. The Morgan fingerprint density at radius 1 is 0.591 bits per heavy atom. The van der Waals surface area contributed by atoms with Crippen LogP contribution in [0.2, 0.25) is 0 Å². The number of nitrogens with one attached hydrogen (secondary N) is 1. The molecule has 0 aliphatic heterocycles. The van der Waals surface area contributed by atoms with E-state index in [0.29, 0.717) is 55.6 Å². The Labute approximate surface area is 254 Å². The molecular weight excluding hydrogens is 554 g/mol. The van der Waals surface area contributed by atoms with Crippen LogP contribution in [0.5, 0.6) is 28.7 Å². The molecule has 0 fully saturated rings. The van der Waals surface area contributed by atoms with Gasteiger partial charge in [0.15, 0.2) is 0 Å². The molecule has 6 rings (SSSR count). The van der Waals surface area contributed by atoms with Gasteiger partial charge in [-0.15, -0.1) is 0 Å². The molecule has 0 saturated carbocycles. The lowest BCUT2D eigenvalue weighted by Gasteiger charge is -2.15.